The van der Waals surface area contributed by atoms with Crippen molar-refractivity contribution in [3.63, 3.8) is 0 Å². The Morgan fingerprint density at radius 2 is 1.79 bits per heavy atom. The maximum Gasteiger partial charge on any atom is 0.263 e. The molecule has 0 saturated carbocycles. The number of carbonyl (C=O) groups is 1. The third-order valence-electron chi connectivity index (χ3n) is 4.18. The number of pyridine rings is 1. The zero-order valence-electron chi connectivity index (χ0n) is 15.1. The van der Waals surface area contributed by atoms with Gasteiger partial charge in [-0.3, -0.25) is 9.59 Å². The van der Waals surface area contributed by atoms with E-state index in [1.54, 1.807) is 24.3 Å². The summed E-state index contributed by atoms with van der Waals surface area (Å²) in [4.78, 5) is 24.2. The minimum absolute atomic E-state index is 0.00976. The standard InChI is InChI=1S/C21H18F2N2O3/c1-25-10-4-6-17(21(25)27)20(26)24-12-15-11-16(8-9-19(15)23)28-13-14-5-2-3-7-18(14)22/h2-11H,12-13H2,1H3,(H,24,26). The van der Waals surface area contributed by atoms with Gasteiger partial charge in [0.05, 0.1) is 0 Å². The number of amides is 1. The SMILES string of the molecule is Cn1cccc(C(=O)NCc2cc(OCc3ccccc3F)ccc2F)c1=O. The molecule has 1 heterocycles. The van der Waals surface area contributed by atoms with Crippen molar-refractivity contribution in [3.8, 4) is 5.75 Å². The average Bonchev–Trinajstić information content (AvgIpc) is 2.69. The zero-order chi connectivity index (χ0) is 20.1. The van der Waals surface area contributed by atoms with Crippen LogP contribution in [0.4, 0.5) is 8.78 Å². The van der Waals surface area contributed by atoms with Crippen LogP contribution in [0, 0.1) is 11.6 Å². The number of carbonyl (C=O) groups excluding carboxylic acids is 1. The van der Waals surface area contributed by atoms with E-state index in [4.69, 9.17) is 4.74 Å². The molecule has 1 aromatic heterocycles. The maximum absolute atomic E-state index is 14.1. The smallest absolute Gasteiger partial charge is 0.263 e. The predicted molar refractivity (Wildman–Crippen MR) is 100.0 cm³/mol. The number of ether oxygens (including phenoxy) is 1. The van der Waals surface area contributed by atoms with Crippen molar-refractivity contribution in [2.24, 2.45) is 7.05 Å². The van der Waals surface area contributed by atoms with E-state index in [1.165, 1.54) is 48.1 Å². The second kappa shape index (κ2) is 8.47. The summed E-state index contributed by atoms with van der Waals surface area (Å²) in [7, 11) is 1.54. The Morgan fingerprint density at radius 1 is 1.04 bits per heavy atom. The average molecular weight is 384 g/mol. The lowest BCUT2D eigenvalue weighted by Crippen LogP contribution is -2.31. The molecule has 0 aliphatic carbocycles. The second-order valence-corrected chi connectivity index (χ2v) is 6.15. The Bertz CT molecular complexity index is 1060. The Hall–Kier alpha value is -3.48. The monoisotopic (exact) mass is 384 g/mol. The van der Waals surface area contributed by atoms with Crippen molar-refractivity contribution >= 4 is 5.91 Å². The number of nitrogens with zero attached hydrogens (tertiary/aromatic N) is 1. The van der Waals surface area contributed by atoms with Crippen LogP contribution in [0.25, 0.3) is 0 Å². The van der Waals surface area contributed by atoms with Gasteiger partial charge in [0.25, 0.3) is 11.5 Å². The van der Waals surface area contributed by atoms with Gasteiger partial charge in [-0.1, -0.05) is 18.2 Å². The van der Waals surface area contributed by atoms with E-state index in [9.17, 15) is 18.4 Å². The molecule has 7 heteroatoms. The molecule has 2 aromatic carbocycles. The fourth-order valence-electron chi connectivity index (χ4n) is 2.59. The molecular weight excluding hydrogens is 366 g/mol. The molecule has 0 atom stereocenters. The molecule has 28 heavy (non-hydrogen) atoms. The Kier molecular flexibility index (Phi) is 5.84. The van der Waals surface area contributed by atoms with Gasteiger partial charge in [-0.2, -0.15) is 0 Å². The first kappa shape index (κ1) is 19.3. The van der Waals surface area contributed by atoms with Crippen LogP contribution in [0.15, 0.2) is 65.6 Å². The van der Waals surface area contributed by atoms with E-state index in [0.717, 1.165) is 0 Å². The lowest BCUT2D eigenvalue weighted by atomic mass is 10.2. The van der Waals surface area contributed by atoms with Gasteiger partial charge < -0.3 is 14.6 Å². The first-order valence-corrected chi connectivity index (χ1v) is 8.54. The van der Waals surface area contributed by atoms with Crippen LogP contribution in [0.5, 0.6) is 5.75 Å². The van der Waals surface area contributed by atoms with Gasteiger partial charge in [0.2, 0.25) is 0 Å². The summed E-state index contributed by atoms with van der Waals surface area (Å²) in [6, 6.07) is 13.3. The van der Waals surface area contributed by atoms with Crippen molar-refractivity contribution in [1.29, 1.82) is 0 Å². The molecule has 1 amide bonds. The fraction of sp³-hybridized carbons (Fsp3) is 0.143. The number of hydrogen-bond acceptors (Lipinski definition) is 3. The normalized spacial score (nSPS) is 10.5. The van der Waals surface area contributed by atoms with E-state index in [0.29, 0.717) is 11.3 Å². The molecule has 5 nitrogen and oxygen atoms in total. The number of halogens is 2. The van der Waals surface area contributed by atoms with Crippen LogP contribution in [0.3, 0.4) is 0 Å². The molecule has 0 unspecified atom stereocenters. The molecular formula is C21H18F2N2O3. The van der Waals surface area contributed by atoms with Gasteiger partial charge in [0, 0.05) is 30.9 Å². The minimum Gasteiger partial charge on any atom is -0.489 e. The highest BCUT2D eigenvalue weighted by Gasteiger charge is 2.12. The Morgan fingerprint density at radius 3 is 2.57 bits per heavy atom. The zero-order valence-corrected chi connectivity index (χ0v) is 15.1. The van der Waals surface area contributed by atoms with E-state index in [1.807, 2.05) is 0 Å². The summed E-state index contributed by atoms with van der Waals surface area (Å²) in [5.74, 6) is -1.18. The van der Waals surface area contributed by atoms with Crippen LogP contribution in [0.1, 0.15) is 21.5 Å². The molecule has 0 saturated heterocycles. The molecule has 0 aliphatic heterocycles. The van der Waals surface area contributed by atoms with E-state index < -0.39 is 17.3 Å². The van der Waals surface area contributed by atoms with Crippen LogP contribution >= 0.6 is 0 Å². The molecule has 1 N–H and O–H groups in total. The number of aromatic nitrogens is 1. The minimum atomic E-state index is -0.599. The Labute approximate surface area is 160 Å². The summed E-state index contributed by atoms with van der Waals surface area (Å²) in [6.07, 6.45) is 1.54. The Balaban J connectivity index is 1.68. The molecule has 3 aromatic rings. The lowest BCUT2D eigenvalue weighted by molar-refractivity contribution is 0.0948. The summed E-state index contributed by atoms with van der Waals surface area (Å²) in [5.41, 5.74) is 0.0912. The van der Waals surface area contributed by atoms with Crippen molar-refractivity contribution in [1.82, 2.24) is 9.88 Å². The van der Waals surface area contributed by atoms with Crippen LogP contribution < -0.4 is 15.6 Å². The molecule has 0 radical (unpaired) electrons. The lowest BCUT2D eigenvalue weighted by Gasteiger charge is -2.11. The third kappa shape index (κ3) is 4.43. The van der Waals surface area contributed by atoms with Crippen LogP contribution in [0.2, 0.25) is 0 Å². The number of nitrogens with one attached hydrogen (secondary N) is 1. The highest BCUT2D eigenvalue weighted by molar-refractivity contribution is 5.93. The number of rotatable bonds is 6. The van der Waals surface area contributed by atoms with E-state index >= 15 is 0 Å². The van der Waals surface area contributed by atoms with Crippen LogP contribution in [-0.2, 0) is 20.2 Å². The molecule has 144 valence electrons. The third-order valence-corrected chi connectivity index (χ3v) is 4.18. The maximum atomic E-state index is 14.1. The highest BCUT2D eigenvalue weighted by Crippen LogP contribution is 2.19. The second-order valence-electron chi connectivity index (χ2n) is 6.15. The number of benzene rings is 2. The molecule has 0 fully saturated rings. The van der Waals surface area contributed by atoms with Gasteiger partial charge in [0.1, 0.15) is 29.6 Å². The predicted octanol–water partition coefficient (Wildman–Crippen LogP) is 3.17. The molecule has 0 aliphatic rings. The van der Waals surface area contributed by atoms with Crippen molar-refractivity contribution in [3.05, 3.63) is 99.5 Å². The van der Waals surface area contributed by atoms with Gasteiger partial charge in [-0.05, 0) is 36.4 Å². The van der Waals surface area contributed by atoms with Gasteiger partial charge in [-0.25, -0.2) is 8.78 Å². The molecule has 3 rings (SSSR count). The summed E-state index contributed by atoms with van der Waals surface area (Å²) < 4.78 is 34.5. The summed E-state index contributed by atoms with van der Waals surface area (Å²) in [5, 5.41) is 2.53. The van der Waals surface area contributed by atoms with E-state index in [2.05, 4.69) is 5.32 Å². The number of aryl methyl sites for hydroxylation is 1. The first-order chi connectivity index (χ1) is 13.5. The van der Waals surface area contributed by atoms with Gasteiger partial charge in [0.15, 0.2) is 0 Å². The quantitative estimate of drug-likeness (QED) is 0.710. The fourth-order valence-corrected chi connectivity index (χ4v) is 2.59. The van der Waals surface area contributed by atoms with Crippen LogP contribution in [-0.4, -0.2) is 10.5 Å². The topological polar surface area (TPSA) is 60.3 Å². The summed E-state index contributed by atoms with van der Waals surface area (Å²) in [6.45, 7) is -0.135. The first-order valence-electron chi connectivity index (χ1n) is 8.54. The van der Waals surface area contributed by atoms with Crippen molar-refractivity contribution < 1.29 is 18.3 Å². The molecule has 0 spiro atoms. The van der Waals surface area contributed by atoms with Crippen molar-refractivity contribution in [2.75, 3.05) is 0 Å². The molecule has 0 bridgehead atoms. The van der Waals surface area contributed by atoms with Gasteiger partial charge in [-0.15, -0.1) is 0 Å². The van der Waals surface area contributed by atoms with Crippen molar-refractivity contribution in [2.45, 2.75) is 13.2 Å². The van der Waals surface area contributed by atoms with E-state index in [-0.39, 0.29) is 30.1 Å². The van der Waals surface area contributed by atoms with Gasteiger partial charge >= 0.3 is 0 Å². The largest absolute Gasteiger partial charge is 0.489 e. The number of hydrogen-bond donors (Lipinski definition) is 1. The highest BCUT2D eigenvalue weighted by atomic mass is 19.1. The summed E-state index contributed by atoms with van der Waals surface area (Å²) >= 11 is 0.